The topological polar surface area (TPSA) is 77.6 Å². The number of rotatable bonds is 7. The first-order chi connectivity index (χ1) is 14.1. The highest BCUT2D eigenvalue weighted by molar-refractivity contribution is 7.17. The fraction of sp³-hybridized carbons (Fsp3) is 0.286. The summed E-state index contributed by atoms with van der Waals surface area (Å²) >= 11 is 1.61. The molecular weight excluding hydrogens is 388 g/mol. The monoisotopic (exact) mass is 410 g/mol. The number of para-hydroxylation sites is 1. The molecule has 0 saturated carbocycles. The Balaban J connectivity index is 1.39. The molecule has 0 aliphatic carbocycles. The second kappa shape index (κ2) is 8.08. The lowest BCUT2D eigenvalue weighted by Gasteiger charge is -2.10. The molecule has 3 aromatic heterocycles. The summed E-state index contributed by atoms with van der Waals surface area (Å²) < 4.78 is 9.72. The van der Waals surface area contributed by atoms with Gasteiger partial charge in [0.1, 0.15) is 17.1 Å². The molecule has 0 radical (unpaired) electrons. The van der Waals surface area contributed by atoms with E-state index in [0.29, 0.717) is 31.4 Å². The van der Waals surface area contributed by atoms with Crippen LogP contribution in [0.1, 0.15) is 24.2 Å². The van der Waals surface area contributed by atoms with Crippen LogP contribution in [0, 0.1) is 6.92 Å². The van der Waals surface area contributed by atoms with Crippen LogP contribution in [0.4, 0.5) is 0 Å². The van der Waals surface area contributed by atoms with Gasteiger partial charge < -0.3 is 10.1 Å². The number of benzene rings is 1. The second-order valence-corrected chi connectivity index (χ2v) is 7.75. The number of thiophene rings is 1. The van der Waals surface area contributed by atoms with Crippen molar-refractivity contribution in [2.75, 3.05) is 7.11 Å². The zero-order valence-corrected chi connectivity index (χ0v) is 17.2. The van der Waals surface area contributed by atoms with Gasteiger partial charge in [0, 0.05) is 25.1 Å². The minimum absolute atomic E-state index is 0.0649. The number of aryl methyl sites for hydroxylation is 2. The van der Waals surface area contributed by atoms with E-state index in [-0.39, 0.29) is 11.5 Å². The standard InChI is InChI=1S/C21H22N4O3S/c1-14-23-24(21(27)17-12-19-16(25(14)17)9-11-29-19)10-5-8-20(26)22-13-15-6-3-4-7-18(15)28-2/h3-4,6-7,9,11-12H,5,8,10,13H2,1-2H3,(H,22,26). The summed E-state index contributed by atoms with van der Waals surface area (Å²) in [7, 11) is 1.61. The Morgan fingerprint density at radius 3 is 2.90 bits per heavy atom. The lowest BCUT2D eigenvalue weighted by molar-refractivity contribution is -0.121. The van der Waals surface area contributed by atoms with Crippen molar-refractivity contribution in [1.82, 2.24) is 19.5 Å². The van der Waals surface area contributed by atoms with Gasteiger partial charge in [-0.25, -0.2) is 4.68 Å². The summed E-state index contributed by atoms with van der Waals surface area (Å²) in [6.45, 7) is 2.70. The molecule has 1 amide bonds. The number of nitrogens with one attached hydrogen (secondary N) is 1. The van der Waals surface area contributed by atoms with E-state index in [4.69, 9.17) is 4.74 Å². The maximum Gasteiger partial charge on any atom is 0.291 e. The Labute approximate surface area is 171 Å². The predicted octanol–water partition coefficient (Wildman–Crippen LogP) is 3.12. The SMILES string of the molecule is COc1ccccc1CNC(=O)CCCn1nc(C)n2c(cc3sccc32)c1=O. The largest absolute Gasteiger partial charge is 0.496 e. The van der Waals surface area contributed by atoms with Gasteiger partial charge in [0.2, 0.25) is 5.91 Å². The first-order valence-corrected chi connectivity index (χ1v) is 10.3. The Bertz CT molecular complexity index is 1240. The van der Waals surface area contributed by atoms with Crippen molar-refractivity contribution in [3.05, 3.63) is 63.5 Å². The lowest BCUT2D eigenvalue weighted by Crippen LogP contribution is -2.28. The average molecular weight is 410 g/mol. The smallest absolute Gasteiger partial charge is 0.291 e. The van der Waals surface area contributed by atoms with Crippen LogP contribution in [0.2, 0.25) is 0 Å². The maximum absolute atomic E-state index is 12.8. The fourth-order valence-corrected chi connectivity index (χ4v) is 4.30. The predicted molar refractivity (Wildman–Crippen MR) is 114 cm³/mol. The zero-order chi connectivity index (χ0) is 20.4. The molecule has 4 aromatic rings. The first-order valence-electron chi connectivity index (χ1n) is 9.43. The molecule has 1 aromatic carbocycles. The van der Waals surface area contributed by atoms with E-state index < -0.39 is 0 Å². The van der Waals surface area contributed by atoms with Crippen LogP contribution < -0.4 is 15.6 Å². The highest BCUT2D eigenvalue weighted by Crippen LogP contribution is 2.24. The van der Waals surface area contributed by atoms with E-state index in [1.54, 1.807) is 18.4 Å². The Hall–Kier alpha value is -3.13. The lowest BCUT2D eigenvalue weighted by atomic mass is 10.2. The van der Waals surface area contributed by atoms with Gasteiger partial charge in [0.05, 0.1) is 17.3 Å². The highest BCUT2D eigenvalue weighted by atomic mass is 32.1. The zero-order valence-electron chi connectivity index (χ0n) is 16.3. The number of methoxy groups -OCH3 is 1. The van der Waals surface area contributed by atoms with Crippen LogP contribution in [0.25, 0.3) is 15.7 Å². The van der Waals surface area contributed by atoms with Gasteiger partial charge in [0.15, 0.2) is 0 Å². The van der Waals surface area contributed by atoms with Crippen LogP contribution in [0.5, 0.6) is 5.75 Å². The third-order valence-electron chi connectivity index (χ3n) is 4.91. The maximum atomic E-state index is 12.8. The van der Waals surface area contributed by atoms with E-state index in [0.717, 1.165) is 27.4 Å². The molecule has 1 N–H and O–H groups in total. The van der Waals surface area contributed by atoms with Crippen molar-refractivity contribution in [2.24, 2.45) is 0 Å². The number of ether oxygens (including phenoxy) is 1. The molecule has 150 valence electrons. The Morgan fingerprint density at radius 2 is 2.07 bits per heavy atom. The molecule has 7 nitrogen and oxygen atoms in total. The minimum Gasteiger partial charge on any atom is -0.496 e. The van der Waals surface area contributed by atoms with Crippen LogP contribution in [-0.4, -0.2) is 27.2 Å². The molecule has 8 heteroatoms. The number of carbonyl (C=O) groups excluding carboxylic acids is 1. The third-order valence-corrected chi connectivity index (χ3v) is 5.76. The molecule has 0 aliphatic heterocycles. The van der Waals surface area contributed by atoms with Gasteiger partial charge in [-0.1, -0.05) is 18.2 Å². The third kappa shape index (κ3) is 3.75. The van der Waals surface area contributed by atoms with Crippen molar-refractivity contribution < 1.29 is 9.53 Å². The molecule has 0 spiro atoms. The molecule has 3 heterocycles. The number of nitrogens with zero attached hydrogens (tertiary/aromatic N) is 3. The van der Waals surface area contributed by atoms with E-state index >= 15 is 0 Å². The van der Waals surface area contributed by atoms with E-state index in [2.05, 4.69) is 10.4 Å². The number of aromatic nitrogens is 3. The van der Waals surface area contributed by atoms with Crippen LogP contribution in [-0.2, 0) is 17.9 Å². The van der Waals surface area contributed by atoms with Crippen molar-refractivity contribution in [1.29, 1.82) is 0 Å². The van der Waals surface area contributed by atoms with Gasteiger partial charge in [-0.3, -0.25) is 14.0 Å². The molecule has 0 bridgehead atoms. The molecule has 0 saturated heterocycles. The van der Waals surface area contributed by atoms with Gasteiger partial charge >= 0.3 is 0 Å². The summed E-state index contributed by atoms with van der Waals surface area (Å²) in [5, 5.41) is 9.35. The average Bonchev–Trinajstić information content (AvgIpc) is 3.31. The summed E-state index contributed by atoms with van der Waals surface area (Å²) in [5.41, 5.74) is 2.43. The second-order valence-electron chi connectivity index (χ2n) is 6.80. The van der Waals surface area contributed by atoms with Crippen LogP contribution in [0.15, 0.2) is 46.6 Å². The molecule has 0 atom stereocenters. The van der Waals surface area contributed by atoms with Gasteiger partial charge in [-0.15, -0.1) is 11.3 Å². The van der Waals surface area contributed by atoms with Crippen molar-refractivity contribution in [2.45, 2.75) is 32.9 Å². The van der Waals surface area contributed by atoms with Crippen LogP contribution in [0.3, 0.4) is 0 Å². The molecule has 4 rings (SSSR count). The normalized spacial score (nSPS) is 11.2. The van der Waals surface area contributed by atoms with Gasteiger partial charge in [0.25, 0.3) is 5.56 Å². The number of hydrogen-bond donors (Lipinski definition) is 1. The summed E-state index contributed by atoms with van der Waals surface area (Å²) in [6, 6.07) is 11.5. The summed E-state index contributed by atoms with van der Waals surface area (Å²) in [5.74, 6) is 1.44. The van der Waals surface area contributed by atoms with Crippen molar-refractivity contribution >= 4 is 33.0 Å². The van der Waals surface area contributed by atoms with Crippen molar-refractivity contribution in [3.8, 4) is 5.75 Å². The fourth-order valence-electron chi connectivity index (χ4n) is 3.50. The van der Waals surface area contributed by atoms with E-state index in [1.165, 1.54) is 4.68 Å². The van der Waals surface area contributed by atoms with Crippen molar-refractivity contribution in [3.63, 3.8) is 0 Å². The van der Waals surface area contributed by atoms with E-state index in [9.17, 15) is 9.59 Å². The quantitative estimate of drug-likeness (QED) is 0.508. The summed E-state index contributed by atoms with van der Waals surface area (Å²) in [4.78, 5) is 25.0. The minimum atomic E-state index is -0.131. The Kier molecular flexibility index (Phi) is 5.35. The molecule has 29 heavy (non-hydrogen) atoms. The highest BCUT2D eigenvalue weighted by Gasteiger charge is 2.13. The molecule has 0 unspecified atom stereocenters. The van der Waals surface area contributed by atoms with Crippen LogP contribution >= 0.6 is 11.3 Å². The summed E-state index contributed by atoms with van der Waals surface area (Å²) in [6.07, 6.45) is 0.860. The number of amides is 1. The van der Waals surface area contributed by atoms with E-state index in [1.807, 2.05) is 53.1 Å². The first kappa shape index (κ1) is 19.2. The molecular formula is C21H22N4O3S. The Morgan fingerprint density at radius 1 is 1.24 bits per heavy atom. The number of carbonyl (C=O) groups is 1. The molecule has 0 fully saturated rings. The van der Waals surface area contributed by atoms with Gasteiger partial charge in [-0.2, -0.15) is 5.10 Å². The van der Waals surface area contributed by atoms with Gasteiger partial charge in [-0.05, 0) is 36.9 Å². The number of hydrogen-bond acceptors (Lipinski definition) is 5. The number of fused-ring (bicyclic) bond motifs is 3. The molecule has 0 aliphatic rings.